The van der Waals surface area contributed by atoms with Gasteiger partial charge in [0.05, 0.1) is 24.2 Å². The number of ether oxygens (including phenoxy) is 1. The van der Waals surface area contributed by atoms with Gasteiger partial charge in [-0.3, -0.25) is 9.59 Å². The van der Waals surface area contributed by atoms with Gasteiger partial charge in [0.2, 0.25) is 0 Å². The first-order valence-corrected chi connectivity index (χ1v) is 9.77. The summed E-state index contributed by atoms with van der Waals surface area (Å²) in [5.74, 6) is -1.03. The summed E-state index contributed by atoms with van der Waals surface area (Å²) in [5, 5.41) is 3.41. The molecule has 2 heterocycles. The third-order valence-corrected chi connectivity index (χ3v) is 5.88. The van der Waals surface area contributed by atoms with E-state index in [9.17, 15) is 18.0 Å². The van der Waals surface area contributed by atoms with Crippen molar-refractivity contribution < 1.29 is 27.2 Å². The molecule has 1 fully saturated rings. The summed E-state index contributed by atoms with van der Waals surface area (Å²) >= 11 is 0. The highest BCUT2D eigenvalue weighted by molar-refractivity contribution is 7.91. The van der Waals surface area contributed by atoms with Crippen molar-refractivity contribution in [3.05, 3.63) is 35.6 Å². The quantitative estimate of drug-likeness (QED) is 0.797. The number of sulfone groups is 1. The largest absolute Gasteiger partial charge is 0.464 e. The van der Waals surface area contributed by atoms with Gasteiger partial charge >= 0.3 is 5.97 Å². The van der Waals surface area contributed by atoms with Crippen molar-refractivity contribution in [1.82, 2.24) is 5.32 Å². The van der Waals surface area contributed by atoms with E-state index < -0.39 is 34.4 Å². The Balaban J connectivity index is 1.50. The maximum Gasteiger partial charge on any atom is 0.310 e. The normalized spacial score (nSPS) is 19.0. The van der Waals surface area contributed by atoms with Crippen molar-refractivity contribution in [2.45, 2.75) is 25.8 Å². The Hall–Kier alpha value is -2.35. The molecule has 1 aromatic carbocycles. The first-order valence-electron chi connectivity index (χ1n) is 7.94. The second kappa shape index (κ2) is 6.87. The Bertz CT molecular complexity index is 914. The highest BCUT2D eigenvalue weighted by Gasteiger charge is 2.29. The summed E-state index contributed by atoms with van der Waals surface area (Å²) in [6, 6.07) is 5.28. The van der Waals surface area contributed by atoms with E-state index in [1.807, 2.05) is 25.1 Å². The molecule has 1 aliphatic heterocycles. The summed E-state index contributed by atoms with van der Waals surface area (Å²) in [5.41, 5.74) is 2.45. The summed E-state index contributed by atoms with van der Waals surface area (Å²) in [6.45, 7) is 1.52. The van der Waals surface area contributed by atoms with E-state index in [0.29, 0.717) is 17.6 Å². The number of amides is 1. The van der Waals surface area contributed by atoms with Gasteiger partial charge in [-0.15, -0.1) is 0 Å². The monoisotopic (exact) mass is 365 g/mol. The van der Waals surface area contributed by atoms with Crippen LogP contribution in [0.3, 0.4) is 0 Å². The van der Waals surface area contributed by atoms with Crippen LogP contribution in [0.25, 0.3) is 11.0 Å². The molecule has 0 bridgehead atoms. The topological polar surface area (TPSA) is 103 Å². The minimum Gasteiger partial charge on any atom is -0.464 e. The van der Waals surface area contributed by atoms with Gasteiger partial charge in [-0.05, 0) is 25.0 Å². The molecule has 1 amide bonds. The van der Waals surface area contributed by atoms with Crippen molar-refractivity contribution in [1.29, 1.82) is 0 Å². The van der Waals surface area contributed by atoms with Crippen LogP contribution in [0.2, 0.25) is 0 Å². The molecule has 0 saturated carbocycles. The van der Waals surface area contributed by atoms with Crippen LogP contribution in [0.5, 0.6) is 0 Å². The minimum absolute atomic E-state index is 0.00114. The maximum absolute atomic E-state index is 11.9. The fraction of sp³-hybridized carbons (Fsp3) is 0.412. The lowest BCUT2D eigenvalue weighted by Crippen LogP contribution is -2.38. The van der Waals surface area contributed by atoms with Crippen LogP contribution in [-0.4, -0.2) is 44.4 Å². The van der Waals surface area contributed by atoms with Gasteiger partial charge in [0, 0.05) is 17.0 Å². The number of nitrogens with one attached hydrogen (secondary N) is 1. The van der Waals surface area contributed by atoms with Gasteiger partial charge < -0.3 is 14.5 Å². The van der Waals surface area contributed by atoms with Crippen molar-refractivity contribution in [3.8, 4) is 0 Å². The molecule has 1 N–H and O–H groups in total. The molecule has 1 aliphatic rings. The van der Waals surface area contributed by atoms with E-state index in [4.69, 9.17) is 9.15 Å². The Kier molecular flexibility index (Phi) is 4.80. The smallest absolute Gasteiger partial charge is 0.310 e. The predicted octanol–water partition coefficient (Wildman–Crippen LogP) is 1.13. The first kappa shape index (κ1) is 17.5. The molecule has 3 rings (SSSR count). The molecule has 7 nitrogen and oxygen atoms in total. The summed E-state index contributed by atoms with van der Waals surface area (Å²) in [7, 11) is -3.06. The van der Waals surface area contributed by atoms with E-state index in [0.717, 1.165) is 10.9 Å². The lowest BCUT2D eigenvalue weighted by molar-refractivity contribution is -0.148. The molecule has 0 spiro atoms. The molecule has 1 atom stereocenters. The number of fused-ring (bicyclic) bond motifs is 1. The fourth-order valence-electron chi connectivity index (χ4n) is 2.86. The van der Waals surface area contributed by atoms with Crippen molar-refractivity contribution in [2.24, 2.45) is 0 Å². The van der Waals surface area contributed by atoms with Crippen LogP contribution in [0.15, 0.2) is 28.9 Å². The summed E-state index contributed by atoms with van der Waals surface area (Å²) in [6.07, 6.45) is 1.90. The van der Waals surface area contributed by atoms with Gasteiger partial charge in [0.25, 0.3) is 5.91 Å². The molecule has 1 aromatic heterocycles. The van der Waals surface area contributed by atoms with Crippen LogP contribution in [0.1, 0.15) is 17.5 Å². The number of furan rings is 1. The molecule has 0 aliphatic carbocycles. The second-order valence-electron chi connectivity index (χ2n) is 6.27. The number of hydrogen-bond acceptors (Lipinski definition) is 6. The zero-order valence-corrected chi connectivity index (χ0v) is 14.6. The van der Waals surface area contributed by atoms with E-state index in [1.54, 1.807) is 0 Å². The summed E-state index contributed by atoms with van der Waals surface area (Å²) in [4.78, 5) is 23.7. The molecule has 0 radical (unpaired) electrons. The molecule has 0 unspecified atom stereocenters. The number of benzene rings is 1. The predicted molar refractivity (Wildman–Crippen MR) is 90.8 cm³/mol. The van der Waals surface area contributed by atoms with Crippen LogP contribution >= 0.6 is 0 Å². The second-order valence-corrected chi connectivity index (χ2v) is 8.49. The Morgan fingerprint density at radius 1 is 1.36 bits per heavy atom. The van der Waals surface area contributed by atoms with Crippen molar-refractivity contribution >= 4 is 32.7 Å². The molecule has 134 valence electrons. The molecular weight excluding hydrogens is 346 g/mol. The fourth-order valence-corrected chi connectivity index (χ4v) is 4.53. The lowest BCUT2D eigenvalue weighted by atomic mass is 10.1. The number of carbonyl (C=O) groups excluding carboxylic acids is 2. The number of hydrogen-bond donors (Lipinski definition) is 1. The molecular formula is C17H19NO6S. The van der Waals surface area contributed by atoms with E-state index in [2.05, 4.69) is 5.32 Å². The third kappa shape index (κ3) is 4.39. The van der Waals surface area contributed by atoms with Crippen molar-refractivity contribution in [2.75, 3.05) is 18.1 Å². The van der Waals surface area contributed by atoms with E-state index in [-0.39, 0.29) is 17.9 Å². The minimum atomic E-state index is -3.06. The number of carbonyl (C=O) groups is 2. The maximum atomic E-state index is 11.9. The Morgan fingerprint density at radius 3 is 2.88 bits per heavy atom. The zero-order chi connectivity index (χ0) is 18.0. The first-order chi connectivity index (χ1) is 11.8. The van der Waals surface area contributed by atoms with Crippen LogP contribution in [0.4, 0.5) is 0 Å². The third-order valence-electron chi connectivity index (χ3n) is 4.11. The number of rotatable bonds is 5. The SMILES string of the molecule is Cc1ccc2c(CC(=O)OCC(=O)N[C@@H]3CCS(=O)(=O)C3)coc2c1. The molecule has 8 heteroatoms. The Morgan fingerprint density at radius 2 is 2.16 bits per heavy atom. The average Bonchev–Trinajstić information content (AvgIpc) is 3.08. The van der Waals surface area contributed by atoms with Gasteiger partial charge in [-0.2, -0.15) is 0 Å². The van der Waals surface area contributed by atoms with Crippen LogP contribution in [-0.2, 0) is 30.6 Å². The average molecular weight is 365 g/mol. The summed E-state index contributed by atoms with van der Waals surface area (Å²) < 4.78 is 33.1. The lowest BCUT2D eigenvalue weighted by Gasteiger charge is -2.10. The number of aryl methyl sites for hydroxylation is 1. The molecule has 25 heavy (non-hydrogen) atoms. The van der Waals surface area contributed by atoms with Gasteiger partial charge in [0.1, 0.15) is 5.58 Å². The highest BCUT2D eigenvalue weighted by atomic mass is 32.2. The standard InChI is InChI=1S/C17H19NO6S/c1-11-2-3-14-12(8-23-15(14)6-11)7-17(20)24-9-16(19)18-13-4-5-25(21,22)10-13/h2-3,6,8,13H,4-5,7,9-10H2,1H3,(H,18,19)/t13-/m1/s1. The van der Waals surface area contributed by atoms with Crippen LogP contribution < -0.4 is 5.32 Å². The zero-order valence-electron chi connectivity index (χ0n) is 13.8. The highest BCUT2D eigenvalue weighted by Crippen LogP contribution is 2.22. The van der Waals surface area contributed by atoms with Crippen LogP contribution in [0, 0.1) is 6.92 Å². The van der Waals surface area contributed by atoms with E-state index in [1.165, 1.54) is 6.26 Å². The molecule has 1 saturated heterocycles. The van der Waals surface area contributed by atoms with Gasteiger partial charge in [-0.1, -0.05) is 12.1 Å². The molecule has 2 aromatic rings. The number of esters is 1. The van der Waals surface area contributed by atoms with Gasteiger partial charge in [0.15, 0.2) is 16.4 Å². The van der Waals surface area contributed by atoms with Gasteiger partial charge in [-0.25, -0.2) is 8.42 Å². The Labute approximate surface area is 145 Å². The van der Waals surface area contributed by atoms with Crippen molar-refractivity contribution in [3.63, 3.8) is 0 Å². The van der Waals surface area contributed by atoms with E-state index >= 15 is 0 Å².